The molecule has 0 aliphatic carbocycles. The van der Waals surface area contributed by atoms with Crippen molar-refractivity contribution in [2.45, 2.75) is 25.5 Å². The second-order valence-corrected chi connectivity index (χ2v) is 7.86. The number of sulfonamides is 1. The maximum Gasteiger partial charge on any atom is 0.259 e. The zero-order valence-electron chi connectivity index (χ0n) is 12.0. The lowest BCUT2D eigenvalue weighted by Crippen LogP contribution is -2.68. The molecule has 1 fully saturated rings. The predicted molar refractivity (Wildman–Crippen MR) is 78.9 cm³/mol. The number of anilines is 2. The summed E-state index contributed by atoms with van der Waals surface area (Å²) in [6.07, 6.45) is 0. The van der Waals surface area contributed by atoms with Gasteiger partial charge in [-0.2, -0.15) is 0 Å². The third-order valence-corrected chi connectivity index (χ3v) is 5.87. The van der Waals surface area contributed by atoms with Crippen LogP contribution in [-0.2, 0) is 19.6 Å². The first-order chi connectivity index (χ1) is 9.57. The lowest BCUT2D eigenvalue weighted by Gasteiger charge is -2.42. The van der Waals surface area contributed by atoms with E-state index in [-0.39, 0.29) is 0 Å². The van der Waals surface area contributed by atoms with Gasteiger partial charge in [-0.1, -0.05) is 6.07 Å². The molecule has 7 nitrogen and oxygen atoms in total. The number of hydrogen-bond donors (Lipinski definition) is 2. The van der Waals surface area contributed by atoms with Crippen molar-refractivity contribution in [2.24, 2.45) is 0 Å². The Morgan fingerprint density at radius 3 is 2.52 bits per heavy atom. The third kappa shape index (κ3) is 2.35. The first-order valence-corrected chi connectivity index (χ1v) is 7.74. The average molecular weight is 311 g/mol. The highest BCUT2D eigenvalue weighted by Crippen LogP contribution is 2.34. The lowest BCUT2D eigenvalue weighted by atomic mass is 10.2. The molecule has 1 aliphatic heterocycles. The number of nitrogen functional groups attached to an aromatic ring is 1. The molecule has 0 unspecified atom stereocenters. The summed E-state index contributed by atoms with van der Waals surface area (Å²) >= 11 is 0. The van der Waals surface area contributed by atoms with Crippen molar-refractivity contribution in [1.82, 2.24) is 4.31 Å². The minimum atomic E-state index is -3.75. The van der Waals surface area contributed by atoms with E-state index < -0.39 is 33.1 Å². The van der Waals surface area contributed by atoms with Gasteiger partial charge in [0.2, 0.25) is 5.91 Å². The van der Waals surface area contributed by atoms with Crippen LogP contribution in [0.1, 0.15) is 19.4 Å². The number of rotatable bonds is 3. The highest BCUT2D eigenvalue weighted by Gasteiger charge is 2.60. The number of carbonyl (C=O) groups is 2. The van der Waals surface area contributed by atoms with Crippen LogP contribution >= 0.6 is 0 Å². The van der Waals surface area contributed by atoms with Crippen molar-refractivity contribution < 1.29 is 18.0 Å². The van der Waals surface area contributed by atoms with Gasteiger partial charge in [0.25, 0.3) is 15.9 Å². The third-order valence-electron chi connectivity index (χ3n) is 3.53. The number of carbonyl (C=O) groups excluding carboxylic acids is 2. The number of hydrogen-bond acceptors (Lipinski definition) is 5. The highest BCUT2D eigenvalue weighted by atomic mass is 32.2. The Bertz CT molecular complexity index is 725. The van der Waals surface area contributed by atoms with Crippen LogP contribution in [0.3, 0.4) is 0 Å². The van der Waals surface area contributed by atoms with Crippen molar-refractivity contribution >= 4 is 33.2 Å². The molecule has 1 aromatic rings. The smallest absolute Gasteiger partial charge is 0.259 e. The van der Waals surface area contributed by atoms with Crippen LogP contribution in [0.25, 0.3) is 0 Å². The van der Waals surface area contributed by atoms with Gasteiger partial charge in [-0.3, -0.25) is 9.59 Å². The standard InChI is InChI=1S/C13H17N3O4S/c1-8-4-5-9(6-10(8)14)15-11(17)7-16-12(18)13(2,3)21(16,19)20/h4-6H,7,14H2,1-3H3,(H,15,17). The molecule has 2 amide bonds. The first-order valence-electron chi connectivity index (χ1n) is 6.30. The zero-order chi connectivity index (χ0) is 16.0. The van der Waals surface area contributed by atoms with Crippen LogP contribution in [0.2, 0.25) is 0 Å². The average Bonchev–Trinajstić information content (AvgIpc) is 2.39. The normalized spacial score (nSPS) is 19.0. The minimum absolute atomic E-state index is 0.452. The fourth-order valence-electron chi connectivity index (χ4n) is 1.96. The molecule has 0 aromatic heterocycles. The Morgan fingerprint density at radius 2 is 2.00 bits per heavy atom. The number of nitrogens with two attached hydrogens (primary N) is 1. The SMILES string of the molecule is Cc1ccc(NC(=O)CN2C(=O)C(C)(C)S2(=O)=O)cc1N. The van der Waals surface area contributed by atoms with Crippen molar-refractivity contribution in [3.05, 3.63) is 23.8 Å². The van der Waals surface area contributed by atoms with Crippen LogP contribution in [0, 0.1) is 6.92 Å². The van der Waals surface area contributed by atoms with E-state index in [0.717, 1.165) is 5.56 Å². The van der Waals surface area contributed by atoms with E-state index >= 15 is 0 Å². The predicted octanol–water partition coefficient (Wildman–Crippen LogP) is 0.466. The van der Waals surface area contributed by atoms with Crippen molar-refractivity contribution in [3.63, 3.8) is 0 Å². The summed E-state index contributed by atoms with van der Waals surface area (Å²) in [5.74, 6) is -1.17. The molecule has 1 heterocycles. The van der Waals surface area contributed by atoms with Gasteiger partial charge in [-0.05, 0) is 38.5 Å². The van der Waals surface area contributed by atoms with Gasteiger partial charge in [0.15, 0.2) is 4.75 Å². The molecule has 1 saturated heterocycles. The van der Waals surface area contributed by atoms with E-state index in [4.69, 9.17) is 5.73 Å². The van der Waals surface area contributed by atoms with Gasteiger partial charge >= 0.3 is 0 Å². The van der Waals surface area contributed by atoms with Crippen LogP contribution in [-0.4, -0.2) is 35.8 Å². The Labute approximate surface area is 123 Å². The molecule has 0 radical (unpaired) electrons. The van der Waals surface area contributed by atoms with Gasteiger partial charge in [0.1, 0.15) is 6.54 Å². The largest absolute Gasteiger partial charge is 0.398 e. The van der Waals surface area contributed by atoms with Gasteiger partial charge in [-0.15, -0.1) is 0 Å². The molecule has 0 spiro atoms. The Balaban J connectivity index is 2.07. The monoisotopic (exact) mass is 311 g/mol. The first kappa shape index (κ1) is 15.3. The van der Waals surface area contributed by atoms with Crippen LogP contribution in [0.15, 0.2) is 18.2 Å². The van der Waals surface area contributed by atoms with E-state index in [9.17, 15) is 18.0 Å². The van der Waals surface area contributed by atoms with Gasteiger partial charge in [0, 0.05) is 11.4 Å². The number of benzene rings is 1. The number of aryl methyl sites for hydroxylation is 1. The molecule has 0 saturated carbocycles. The molecule has 0 atom stereocenters. The summed E-state index contributed by atoms with van der Waals surface area (Å²) in [6, 6.07) is 4.96. The van der Waals surface area contributed by atoms with Crippen molar-refractivity contribution in [2.75, 3.05) is 17.6 Å². The second kappa shape index (κ2) is 4.73. The molecule has 21 heavy (non-hydrogen) atoms. The van der Waals surface area contributed by atoms with Crippen molar-refractivity contribution in [3.8, 4) is 0 Å². The number of nitrogens with one attached hydrogen (secondary N) is 1. The number of nitrogens with zero attached hydrogens (tertiary/aromatic N) is 1. The molecule has 3 N–H and O–H groups in total. The zero-order valence-corrected chi connectivity index (χ0v) is 12.8. The molecule has 1 aliphatic rings. The maximum absolute atomic E-state index is 11.9. The molecule has 2 rings (SSSR count). The Hall–Kier alpha value is -2.09. The van der Waals surface area contributed by atoms with Crippen molar-refractivity contribution in [1.29, 1.82) is 0 Å². The van der Waals surface area contributed by atoms with Crippen LogP contribution in [0.5, 0.6) is 0 Å². The second-order valence-electron chi connectivity index (χ2n) is 5.45. The Kier molecular flexibility index (Phi) is 3.45. The molecule has 0 bridgehead atoms. The molecule has 1 aromatic carbocycles. The summed E-state index contributed by atoms with van der Waals surface area (Å²) in [7, 11) is -3.75. The van der Waals surface area contributed by atoms with Gasteiger partial charge < -0.3 is 11.1 Å². The van der Waals surface area contributed by atoms with Gasteiger partial charge in [0.05, 0.1) is 0 Å². The maximum atomic E-state index is 11.9. The van der Waals surface area contributed by atoms with E-state index in [2.05, 4.69) is 5.32 Å². The summed E-state index contributed by atoms with van der Waals surface area (Å²) < 4.78 is 22.9. The summed E-state index contributed by atoms with van der Waals surface area (Å²) in [4.78, 5) is 23.6. The minimum Gasteiger partial charge on any atom is -0.398 e. The fraction of sp³-hybridized carbons (Fsp3) is 0.385. The van der Waals surface area contributed by atoms with E-state index in [1.807, 2.05) is 6.92 Å². The lowest BCUT2D eigenvalue weighted by molar-refractivity contribution is -0.134. The van der Waals surface area contributed by atoms with E-state index in [1.54, 1.807) is 18.2 Å². The molecule has 8 heteroatoms. The topological polar surface area (TPSA) is 110 Å². The highest BCUT2D eigenvalue weighted by molar-refractivity contribution is 7.94. The van der Waals surface area contributed by atoms with Crippen LogP contribution < -0.4 is 11.1 Å². The Morgan fingerprint density at radius 1 is 1.38 bits per heavy atom. The quantitative estimate of drug-likeness (QED) is 0.788. The molecule has 114 valence electrons. The van der Waals surface area contributed by atoms with E-state index in [0.29, 0.717) is 15.7 Å². The van der Waals surface area contributed by atoms with Gasteiger partial charge in [-0.25, -0.2) is 12.7 Å². The summed E-state index contributed by atoms with van der Waals surface area (Å²) in [5.41, 5.74) is 7.56. The molecular weight excluding hydrogens is 294 g/mol. The summed E-state index contributed by atoms with van der Waals surface area (Å²) in [5, 5.41) is 2.52. The fourth-order valence-corrected chi connectivity index (χ4v) is 3.45. The number of amides is 2. The molecular formula is C13H17N3O4S. The summed E-state index contributed by atoms with van der Waals surface area (Å²) in [6.45, 7) is 3.94. The van der Waals surface area contributed by atoms with Crippen LogP contribution in [0.4, 0.5) is 11.4 Å². The van der Waals surface area contributed by atoms with E-state index in [1.165, 1.54) is 13.8 Å².